The normalized spacial score (nSPS) is 23.0. The molecule has 2 fully saturated rings. The van der Waals surface area contributed by atoms with Gasteiger partial charge in [-0.05, 0) is 25.5 Å². The number of pyridine rings is 1. The molecule has 7 heteroatoms. The van der Waals surface area contributed by atoms with E-state index in [1.165, 1.54) is 11.3 Å². The van der Waals surface area contributed by atoms with Crippen LogP contribution < -0.4 is 0 Å². The van der Waals surface area contributed by atoms with Gasteiger partial charge in [-0.3, -0.25) is 14.6 Å². The van der Waals surface area contributed by atoms with Crippen LogP contribution in [0.2, 0.25) is 0 Å². The van der Waals surface area contributed by atoms with Gasteiger partial charge in [0.2, 0.25) is 5.91 Å². The highest BCUT2D eigenvalue weighted by molar-refractivity contribution is 7.07. The maximum absolute atomic E-state index is 12.6. The van der Waals surface area contributed by atoms with Crippen LogP contribution in [0.1, 0.15) is 34.7 Å². The zero-order valence-corrected chi connectivity index (χ0v) is 14.2. The maximum Gasteiger partial charge on any atom is 0.273 e. The SMILES string of the molecule is Cc1cccc(CN2C(=O)C[C@@H]3[C@H]2CCN3C(=O)c2cscn2)n1. The van der Waals surface area contributed by atoms with E-state index >= 15 is 0 Å². The topological polar surface area (TPSA) is 66.4 Å². The number of aromatic nitrogens is 2. The van der Waals surface area contributed by atoms with Crippen molar-refractivity contribution in [2.24, 2.45) is 0 Å². The molecule has 2 aliphatic rings. The van der Waals surface area contributed by atoms with E-state index in [4.69, 9.17) is 0 Å². The maximum atomic E-state index is 12.6. The minimum atomic E-state index is -0.0629. The summed E-state index contributed by atoms with van der Waals surface area (Å²) in [5.41, 5.74) is 3.98. The number of aryl methyl sites for hydroxylation is 1. The quantitative estimate of drug-likeness (QED) is 0.854. The molecule has 0 saturated carbocycles. The number of thiazole rings is 1. The Morgan fingerprint density at radius 3 is 3.00 bits per heavy atom. The summed E-state index contributed by atoms with van der Waals surface area (Å²) in [4.78, 5) is 37.4. The molecule has 24 heavy (non-hydrogen) atoms. The molecule has 0 unspecified atom stereocenters. The number of hydrogen-bond donors (Lipinski definition) is 0. The average Bonchev–Trinajstić information content (AvgIpc) is 3.26. The lowest BCUT2D eigenvalue weighted by molar-refractivity contribution is -0.129. The summed E-state index contributed by atoms with van der Waals surface area (Å²) in [5.74, 6) is 0.0381. The minimum Gasteiger partial charge on any atom is -0.332 e. The summed E-state index contributed by atoms with van der Waals surface area (Å²) < 4.78 is 0. The Hall–Kier alpha value is -2.28. The predicted molar refractivity (Wildman–Crippen MR) is 89.5 cm³/mol. The second-order valence-electron chi connectivity index (χ2n) is 6.29. The van der Waals surface area contributed by atoms with Crippen LogP contribution in [0.25, 0.3) is 0 Å². The van der Waals surface area contributed by atoms with Gasteiger partial charge in [0.1, 0.15) is 5.69 Å². The van der Waals surface area contributed by atoms with Crippen LogP contribution in [-0.4, -0.2) is 50.2 Å². The van der Waals surface area contributed by atoms with Gasteiger partial charge in [-0.1, -0.05) is 6.07 Å². The van der Waals surface area contributed by atoms with E-state index in [0.29, 0.717) is 25.2 Å². The zero-order valence-electron chi connectivity index (χ0n) is 13.4. The Morgan fingerprint density at radius 1 is 1.38 bits per heavy atom. The zero-order chi connectivity index (χ0) is 16.7. The Morgan fingerprint density at radius 2 is 2.25 bits per heavy atom. The number of likely N-dealkylation sites (tertiary alicyclic amines) is 2. The fourth-order valence-corrected chi connectivity index (χ4v) is 4.24. The standard InChI is InChI=1S/C17H18N4O2S/c1-11-3-2-4-12(19-11)8-21-14-5-6-20(15(14)7-16(21)22)17(23)13-9-24-10-18-13/h2-4,9-10,14-15H,5-8H2,1H3/t14-,15-/m1/s1. The van der Waals surface area contributed by atoms with Gasteiger partial charge in [-0.2, -0.15) is 0 Å². The smallest absolute Gasteiger partial charge is 0.273 e. The Labute approximate surface area is 144 Å². The molecule has 4 rings (SSSR count). The van der Waals surface area contributed by atoms with Crippen molar-refractivity contribution >= 4 is 23.2 Å². The molecular weight excluding hydrogens is 324 g/mol. The molecule has 2 amide bonds. The van der Waals surface area contributed by atoms with Crippen molar-refractivity contribution in [2.45, 2.75) is 38.4 Å². The van der Waals surface area contributed by atoms with Gasteiger partial charge in [0.25, 0.3) is 5.91 Å². The molecule has 2 aromatic heterocycles. The van der Waals surface area contributed by atoms with Crippen molar-refractivity contribution < 1.29 is 9.59 Å². The molecule has 0 aliphatic carbocycles. The summed E-state index contributed by atoms with van der Waals surface area (Å²) in [7, 11) is 0. The summed E-state index contributed by atoms with van der Waals surface area (Å²) in [6.07, 6.45) is 1.21. The number of hydrogen-bond acceptors (Lipinski definition) is 5. The highest BCUT2D eigenvalue weighted by Crippen LogP contribution is 2.34. The average molecular weight is 342 g/mol. The molecule has 124 valence electrons. The van der Waals surface area contributed by atoms with Crippen molar-refractivity contribution in [1.29, 1.82) is 0 Å². The Kier molecular flexibility index (Phi) is 3.80. The van der Waals surface area contributed by atoms with E-state index in [0.717, 1.165) is 17.8 Å². The van der Waals surface area contributed by atoms with Crippen LogP contribution in [0.5, 0.6) is 0 Å². The van der Waals surface area contributed by atoms with Gasteiger partial charge in [-0.25, -0.2) is 4.98 Å². The highest BCUT2D eigenvalue weighted by Gasteiger charge is 2.48. The third-order valence-electron chi connectivity index (χ3n) is 4.81. The third-order valence-corrected chi connectivity index (χ3v) is 5.39. The molecule has 0 N–H and O–H groups in total. The van der Waals surface area contributed by atoms with Crippen LogP contribution >= 0.6 is 11.3 Å². The molecule has 0 aromatic carbocycles. The fraction of sp³-hybridized carbons (Fsp3) is 0.412. The molecule has 0 radical (unpaired) electrons. The van der Waals surface area contributed by atoms with Crippen LogP contribution in [-0.2, 0) is 11.3 Å². The number of amides is 2. The second-order valence-corrected chi connectivity index (χ2v) is 7.01. The summed E-state index contributed by atoms with van der Waals surface area (Å²) in [6.45, 7) is 3.14. The van der Waals surface area contributed by atoms with Crippen LogP contribution in [0, 0.1) is 6.92 Å². The first kappa shape index (κ1) is 15.3. The number of nitrogens with zero attached hydrogens (tertiary/aromatic N) is 4. The number of rotatable bonds is 3. The van der Waals surface area contributed by atoms with E-state index in [1.807, 2.05) is 34.9 Å². The molecule has 2 aromatic rings. The van der Waals surface area contributed by atoms with E-state index in [-0.39, 0.29) is 23.9 Å². The predicted octanol–water partition coefficient (Wildman–Crippen LogP) is 1.86. The van der Waals surface area contributed by atoms with E-state index in [2.05, 4.69) is 9.97 Å². The van der Waals surface area contributed by atoms with Crippen LogP contribution in [0.3, 0.4) is 0 Å². The van der Waals surface area contributed by atoms with Crippen LogP contribution in [0.15, 0.2) is 29.1 Å². The second kappa shape index (κ2) is 5.98. The van der Waals surface area contributed by atoms with E-state index < -0.39 is 0 Å². The number of carbonyl (C=O) groups is 2. The molecule has 4 heterocycles. The van der Waals surface area contributed by atoms with E-state index in [1.54, 1.807) is 10.9 Å². The number of fused-ring (bicyclic) bond motifs is 1. The van der Waals surface area contributed by atoms with Gasteiger partial charge in [-0.15, -0.1) is 11.3 Å². The molecule has 6 nitrogen and oxygen atoms in total. The van der Waals surface area contributed by atoms with Crippen LogP contribution in [0.4, 0.5) is 0 Å². The Bertz CT molecular complexity index is 777. The molecule has 0 bridgehead atoms. The molecule has 2 aliphatic heterocycles. The largest absolute Gasteiger partial charge is 0.332 e. The summed E-state index contributed by atoms with van der Waals surface area (Å²) >= 11 is 1.41. The van der Waals surface area contributed by atoms with Crippen molar-refractivity contribution in [1.82, 2.24) is 19.8 Å². The third kappa shape index (κ3) is 2.58. The summed E-state index contributed by atoms with van der Waals surface area (Å²) in [5, 5.41) is 1.76. The molecule has 2 saturated heterocycles. The van der Waals surface area contributed by atoms with Crippen molar-refractivity contribution in [2.75, 3.05) is 6.54 Å². The van der Waals surface area contributed by atoms with E-state index in [9.17, 15) is 9.59 Å². The van der Waals surface area contributed by atoms with Gasteiger partial charge in [0.15, 0.2) is 0 Å². The first-order valence-corrected chi connectivity index (χ1v) is 8.99. The lowest BCUT2D eigenvalue weighted by atomic mass is 10.1. The summed E-state index contributed by atoms with van der Waals surface area (Å²) in [6, 6.07) is 5.89. The molecule has 2 atom stereocenters. The van der Waals surface area contributed by atoms with Gasteiger partial charge >= 0.3 is 0 Å². The first-order valence-electron chi connectivity index (χ1n) is 8.04. The van der Waals surface area contributed by atoms with Gasteiger partial charge in [0, 0.05) is 24.0 Å². The van der Waals surface area contributed by atoms with Gasteiger partial charge < -0.3 is 9.80 Å². The molecular formula is C17H18N4O2S. The highest BCUT2D eigenvalue weighted by atomic mass is 32.1. The number of carbonyl (C=O) groups excluding carboxylic acids is 2. The Balaban J connectivity index is 1.52. The first-order chi connectivity index (χ1) is 11.6. The van der Waals surface area contributed by atoms with Crippen molar-refractivity contribution in [3.05, 3.63) is 46.2 Å². The lowest BCUT2D eigenvalue weighted by Gasteiger charge is -2.25. The van der Waals surface area contributed by atoms with Crippen molar-refractivity contribution in [3.8, 4) is 0 Å². The monoisotopic (exact) mass is 342 g/mol. The lowest BCUT2D eigenvalue weighted by Crippen LogP contribution is -2.39. The van der Waals surface area contributed by atoms with Crippen molar-refractivity contribution in [3.63, 3.8) is 0 Å². The molecule has 0 spiro atoms. The minimum absolute atomic E-state index is 0.0449. The fourth-order valence-electron chi connectivity index (χ4n) is 3.71. The van der Waals surface area contributed by atoms with Gasteiger partial charge in [0.05, 0.1) is 29.8 Å².